The summed E-state index contributed by atoms with van der Waals surface area (Å²) in [7, 11) is 0. The van der Waals surface area contributed by atoms with Gasteiger partial charge in [-0.05, 0) is 42.2 Å². The maximum Gasteiger partial charge on any atom is 0.246 e. The highest BCUT2D eigenvalue weighted by Gasteiger charge is 2.72. The number of thiophene rings is 1. The highest BCUT2D eigenvalue weighted by atomic mass is 35.5. The van der Waals surface area contributed by atoms with Gasteiger partial charge in [0.05, 0.1) is 34.5 Å². The molecule has 10 heteroatoms. The molecule has 1 saturated carbocycles. The molecule has 4 heterocycles. The average molecular weight is 546 g/mol. The number of fused-ring (bicyclic) bond motifs is 2. The molecule has 2 aromatic heterocycles. The Balaban J connectivity index is 1.35. The third kappa shape index (κ3) is 3.94. The van der Waals surface area contributed by atoms with Crippen LogP contribution in [-0.4, -0.2) is 47.3 Å². The highest BCUT2D eigenvalue weighted by molar-refractivity contribution is 7.19. The lowest BCUT2D eigenvalue weighted by molar-refractivity contribution is -0.143. The van der Waals surface area contributed by atoms with Gasteiger partial charge in [-0.25, -0.2) is 8.78 Å². The number of piperidine rings is 1. The van der Waals surface area contributed by atoms with Gasteiger partial charge in [0.15, 0.2) is 0 Å². The molecule has 2 saturated heterocycles. The monoisotopic (exact) mass is 545 g/mol. The van der Waals surface area contributed by atoms with Crippen molar-refractivity contribution in [2.45, 2.75) is 39.8 Å². The fraction of sp³-hybridized carbons (Fsp3) is 0.444. The summed E-state index contributed by atoms with van der Waals surface area (Å²) in [5.74, 6) is -1.05. The number of nitrogens with zero attached hydrogens (tertiary/aromatic N) is 2. The predicted octanol–water partition coefficient (Wildman–Crippen LogP) is 5.30. The van der Waals surface area contributed by atoms with Gasteiger partial charge in [-0.2, -0.15) is 0 Å². The number of benzene rings is 1. The number of imide groups is 1. The van der Waals surface area contributed by atoms with E-state index in [2.05, 4.69) is 10.3 Å². The minimum atomic E-state index is -2.49. The van der Waals surface area contributed by atoms with Crippen molar-refractivity contribution in [2.24, 2.45) is 23.2 Å². The van der Waals surface area contributed by atoms with E-state index in [4.69, 9.17) is 16.3 Å². The van der Waals surface area contributed by atoms with E-state index in [1.165, 1.54) is 16.2 Å². The number of halogens is 3. The molecule has 37 heavy (non-hydrogen) atoms. The number of rotatable bonds is 6. The SMILES string of the molecule is Cc1cc(Cl)cc(-c2ccnc3cc(CN4C(=O)C5C(C4=O)C5(C)C)sc23)c1O[C@@H]1CNC[C@@H]1C(F)F. The maximum absolute atomic E-state index is 13.6. The van der Waals surface area contributed by atoms with Crippen molar-refractivity contribution in [3.05, 3.63) is 45.9 Å². The van der Waals surface area contributed by atoms with Gasteiger partial charge in [-0.3, -0.25) is 19.5 Å². The Kier molecular flexibility index (Phi) is 5.82. The zero-order valence-corrected chi connectivity index (χ0v) is 22.1. The largest absolute Gasteiger partial charge is 0.488 e. The van der Waals surface area contributed by atoms with E-state index in [-0.39, 0.29) is 42.2 Å². The zero-order valence-electron chi connectivity index (χ0n) is 20.6. The highest BCUT2D eigenvalue weighted by Crippen LogP contribution is 2.63. The Morgan fingerprint density at radius 3 is 2.62 bits per heavy atom. The molecule has 3 fully saturated rings. The third-order valence-corrected chi connectivity index (χ3v) is 9.35. The van der Waals surface area contributed by atoms with Crippen molar-refractivity contribution in [1.29, 1.82) is 0 Å². The molecule has 194 valence electrons. The van der Waals surface area contributed by atoms with Crippen molar-refractivity contribution in [2.75, 3.05) is 13.1 Å². The molecule has 2 amide bonds. The van der Waals surface area contributed by atoms with Crippen molar-refractivity contribution in [1.82, 2.24) is 15.2 Å². The molecule has 1 aromatic carbocycles. The number of likely N-dealkylation sites (tertiary alicyclic amines) is 1. The van der Waals surface area contributed by atoms with Crippen LogP contribution >= 0.6 is 22.9 Å². The van der Waals surface area contributed by atoms with Gasteiger partial charge in [0.2, 0.25) is 18.2 Å². The van der Waals surface area contributed by atoms with Gasteiger partial charge in [0.25, 0.3) is 0 Å². The van der Waals surface area contributed by atoms with E-state index in [0.717, 1.165) is 26.2 Å². The first kappa shape index (κ1) is 24.7. The second-order valence-electron chi connectivity index (χ2n) is 10.7. The number of aryl methyl sites for hydroxylation is 1. The number of carbonyl (C=O) groups is 2. The third-order valence-electron chi connectivity index (χ3n) is 7.99. The topological polar surface area (TPSA) is 71.5 Å². The lowest BCUT2D eigenvalue weighted by atomic mass is 10.0. The Hall–Kier alpha value is -2.62. The van der Waals surface area contributed by atoms with E-state index in [0.29, 0.717) is 22.9 Å². The number of aromatic nitrogens is 1. The van der Waals surface area contributed by atoms with Crippen molar-refractivity contribution in [3.8, 4) is 16.9 Å². The van der Waals surface area contributed by atoms with Crippen molar-refractivity contribution in [3.63, 3.8) is 0 Å². The van der Waals surface area contributed by atoms with Gasteiger partial charge < -0.3 is 10.1 Å². The molecule has 0 bridgehead atoms. The van der Waals surface area contributed by atoms with E-state index in [1.54, 1.807) is 18.3 Å². The summed E-state index contributed by atoms with van der Waals surface area (Å²) in [6.07, 6.45) is -1.48. The van der Waals surface area contributed by atoms with Crippen LogP contribution in [0.3, 0.4) is 0 Å². The number of nitrogens with one attached hydrogen (secondary N) is 1. The standard InChI is InChI=1S/C27H26ClF2N3O3S/c1-12-6-13(28)7-16(22(12)36-19-10-31-9-17(19)24(29)30)15-4-5-32-18-8-14(37-23(15)18)11-33-25(34)20-21(26(33)35)27(20,2)3/h4-8,17,19-21,24,31H,9-11H2,1-3H3/t17-,19+,20?,21?/m0/s1. The van der Waals surface area contributed by atoms with Crippen LogP contribution in [0.15, 0.2) is 30.5 Å². The average Bonchev–Trinajstić information content (AvgIpc) is 3.24. The van der Waals surface area contributed by atoms with Crippen LogP contribution in [0.2, 0.25) is 5.02 Å². The molecule has 1 N–H and O–H groups in total. The minimum Gasteiger partial charge on any atom is -0.488 e. The second kappa shape index (κ2) is 8.71. The van der Waals surface area contributed by atoms with Crippen LogP contribution in [0.4, 0.5) is 8.78 Å². The van der Waals surface area contributed by atoms with Crippen LogP contribution in [0.5, 0.6) is 5.75 Å². The lowest BCUT2D eigenvalue weighted by Gasteiger charge is -2.23. The van der Waals surface area contributed by atoms with Gasteiger partial charge in [0, 0.05) is 40.3 Å². The van der Waals surface area contributed by atoms with Crippen LogP contribution < -0.4 is 10.1 Å². The zero-order chi connectivity index (χ0) is 26.2. The summed E-state index contributed by atoms with van der Waals surface area (Å²) in [5, 5.41) is 3.51. The Morgan fingerprint density at radius 1 is 1.19 bits per heavy atom. The van der Waals surface area contributed by atoms with Crippen LogP contribution in [-0.2, 0) is 16.1 Å². The summed E-state index contributed by atoms with van der Waals surface area (Å²) in [4.78, 5) is 32.4. The van der Waals surface area contributed by atoms with Crippen molar-refractivity contribution >= 4 is 45.0 Å². The molecule has 6 nitrogen and oxygen atoms in total. The summed E-state index contributed by atoms with van der Waals surface area (Å²) in [6, 6.07) is 7.28. The molecule has 6 rings (SSSR count). The first-order valence-electron chi connectivity index (χ1n) is 12.3. The van der Waals surface area contributed by atoms with Crippen LogP contribution in [0, 0.1) is 30.1 Å². The lowest BCUT2D eigenvalue weighted by Crippen LogP contribution is -2.35. The second-order valence-corrected chi connectivity index (χ2v) is 12.3. The molecular weight excluding hydrogens is 520 g/mol. The van der Waals surface area contributed by atoms with Crippen molar-refractivity contribution < 1.29 is 23.1 Å². The van der Waals surface area contributed by atoms with E-state index in [1.807, 2.05) is 32.9 Å². The summed E-state index contributed by atoms with van der Waals surface area (Å²) < 4.78 is 34.3. The first-order chi connectivity index (χ1) is 17.6. The molecule has 2 aliphatic heterocycles. The molecule has 2 unspecified atom stereocenters. The van der Waals surface area contributed by atoms with Crippen LogP contribution in [0.1, 0.15) is 24.3 Å². The molecule has 4 atom stereocenters. The quantitative estimate of drug-likeness (QED) is 0.426. The number of carbonyl (C=O) groups excluding carboxylic acids is 2. The summed E-state index contributed by atoms with van der Waals surface area (Å²) in [6.45, 7) is 6.52. The minimum absolute atomic E-state index is 0.106. The van der Waals surface area contributed by atoms with Gasteiger partial charge in [0.1, 0.15) is 11.9 Å². The molecule has 1 aliphatic carbocycles. The molecule has 3 aromatic rings. The van der Waals surface area contributed by atoms with Gasteiger partial charge in [-0.15, -0.1) is 11.3 Å². The molecule has 0 radical (unpaired) electrons. The maximum atomic E-state index is 13.6. The number of pyridine rings is 1. The Bertz CT molecular complexity index is 1420. The first-order valence-corrected chi connectivity index (χ1v) is 13.5. The fourth-order valence-corrected chi connectivity index (χ4v) is 7.29. The number of amides is 2. The number of hydrogen-bond acceptors (Lipinski definition) is 6. The molecule has 3 aliphatic rings. The Morgan fingerprint density at radius 2 is 1.92 bits per heavy atom. The fourth-order valence-electron chi connectivity index (χ4n) is 5.89. The summed E-state index contributed by atoms with van der Waals surface area (Å²) >= 11 is 7.88. The normalized spacial score (nSPS) is 26.4. The molecular formula is C27H26ClF2N3O3S. The molecule has 0 spiro atoms. The van der Waals surface area contributed by atoms with E-state index >= 15 is 0 Å². The summed E-state index contributed by atoms with van der Waals surface area (Å²) in [5.41, 5.74) is 2.72. The van der Waals surface area contributed by atoms with E-state index < -0.39 is 18.4 Å². The Labute approximate surface area is 222 Å². The van der Waals surface area contributed by atoms with Crippen LogP contribution in [0.25, 0.3) is 21.3 Å². The number of ether oxygens (including phenoxy) is 1. The van der Waals surface area contributed by atoms with Gasteiger partial charge in [-0.1, -0.05) is 25.4 Å². The van der Waals surface area contributed by atoms with Gasteiger partial charge >= 0.3 is 0 Å². The smallest absolute Gasteiger partial charge is 0.246 e. The predicted molar refractivity (Wildman–Crippen MR) is 138 cm³/mol. The number of alkyl halides is 2. The van der Waals surface area contributed by atoms with E-state index in [9.17, 15) is 18.4 Å². The number of hydrogen-bond donors (Lipinski definition) is 1.